The molecule has 6 aromatic heterocycles. The van der Waals surface area contributed by atoms with Crippen molar-refractivity contribution in [2.75, 3.05) is 21.2 Å². The second kappa shape index (κ2) is 38.1. The molecule has 0 N–H and O–H groups in total. The van der Waals surface area contributed by atoms with Crippen LogP contribution in [0.4, 0.5) is 17.3 Å². The van der Waals surface area contributed by atoms with Gasteiger partial charge in [-0.05, 0) is 216 Å². The first-order valence-electron chi connectivity index (χ1n) is 48.0. The summed E-state index contributed by atoms with van der Waals surface area (Å²) in [5.74, 6) is 2.17. The van der Waals surface area contributed by atoms with Gasteiger partial charge < -0.3 is 14.7 Å². The van der Waals surface area contributed by atoms with Crippen molar-refractivity contribution < 1.29 is 24.0 Å². The second-order valence-corrected chi connectivity index (χ2v) is 42.4. The van der Waals surface area contributed by atoms with Crippen LogP contribution in [0.2, 0.25) is 0 Å². The van der Waals surface area contributed by atoms with E-state index in [1.54, 1.807) is 27.7 Å². The number of ketones is 4. The number of anilines is 3. The first kappa shape index (κ1) is 96.9. The summed E-state index contributed by atoms with van der Waals surface area (Å²) in [4.78, 5) is 80.5. The fraction of sp³-hybridized carbons (Fsp3) is 0.319. The molecule has 19 rings (SSSR count). The van der Waals surface area contributed by atoms with Crippen LogP contribution in [0.1, 0.15) is 274 Å². The van der Waals surface area contributed by atoms with E-state index in [1.165, 1.54) is 61.2 Å². The number of para-hydroxylation sites is 4. The molecule has 4 aliphatic rings. The van der Waals surface area contributed by atoms with E-state index in [2.05, 4.69) is 295 Å². The highest BCUT2D eigenvalue weighted by Crippen LogP contribution is 2.46. The van der Waals surface area contributed by atoms with Gasteiger partial charge in [0.15, 0.2) is 23.1 Å². The lowest BCUT2D eigenvalue weighted by molar-refractivity contribution is 0.0991. The molecule has 19 nitrogen and oxygen atoms in total. The average molecular weight is 1840 g/mol. The Morgan fingerprint density at radius 1 is 0.326 bits per heavy atom. The van der Waals surface area contributed by atoms with Gasteiger partial charge in [-0.1, -0.05) is 259 Å². The molecule has 0 saturated heterocycles. The maximum absolute atomic E-state index is 14.2. The van der Waals surface area contributed by atoms with E-state index in [4.69, 9.17) is 30.4 Å². The largest absolute Gasteiger partial charge is 0.346 e. The van der Waals surface area contributed by atoms with Gasteiger partial charge in [-0.2, -0.15) is 20.4 Å². The Kier molecular flexibility index (Phi) is 26.7. The van der Waals surface area contributed by atoms with E-state index in [0.717, 1.165) is 174 Å². The van der Waals surface area contributed by atoms with Crippen LogP contribution in [0, 0.1) is 74.7 Å². The molecule has 0 unspecified atom stereocenters. The molecule has 0 saturated carbocycles. The molecule has 19 heteroatoms. The predicted octanol–water partition coefficient (Wildman–Crippen LogP) is 26.3. The molecule has 0 radical (unpaired) electrons. The number of Topliss-reactive ketones (excluding diaryl/α,β-unsaturated/α-hetero) is 4. The van der Waals surface area contributed by atoms with Crippen molar-refractivity contribution in [3.05, 3.63) is 358 Å². The Balaban J connectivity index is 0.000000133. The summed E-state index contributed by atoms with van der Waals surface area (Å²) >= 11 is 0. The molecule has 0 aliphatic carbocycles. The first-order valence-corrected chi connectivity index (χ1v) is 48.0. The van der Waals surface area contributed by atoms with Crippen LogP contribution in [0.3, 0.4) is 0 Å². The zero-order chi connectivity index (χ0) is 99.0. The Morgan fingerprint density at radius 2 is 0.703 bits per heavy atom. The standard InChI is InChI=1S/C33H35N3O2.2C30H32N4O.C26H31N3O/c1-19-12-14-25(33(6,7)8)17-28(19)35-18-27-29(32(35)38)31(24-13-15-26(23(5)37)22(4)16-24)36(34-27)30-20(2)10-9-11-21(30)3;1-19-9-7-10-20(2)28(19)34-29(23-15-13-22(14-16-23)21(3)35)24-17-33(18-25(24)32-34)27-12-8-11-26(31-27)30(4,5)6;1-19-8-7-9-20(2)28(19)34-29(23-12-10-22(11-13-23)21(3)35)25-17-33(18-26(25)32-34)27-16-24(14-15-31-27)30(4,5)6;1-17-8-7-9-18(2)24(17)29-25(21-12-10-20(11-13-21)19(3)30)22-14-28(15-23(22)27-29)16-26(4,5)6/h9-17H,18H2,1-8H3;2*7-16H,17-18H2,1-6H3;7-13H,14-16H2,1-6H3. The zero-order valence-electron chi connectivity index (χ0n) is 85.2. The lowest BCUT2D eigenvalue weighted by Crippen LogP contribution is -2.28. The van der Waals surface area contributed by atoms with E-state index in [0.29, 0.717) is 41.9 Å². The van der Waals surface area contributed by atoms with Crippen LogP contribution in [0.5, 0.6) is 0 Å². The molecule has 15 aromatic rings. The van der Waals surface area contributed by atoms with E-state index in [9.17, 15) is 24.0 Å². The minimum atomic E-state index is -0.0463. The second-order valence-electron chi connectivity index (χ2n) is 42.4. The van der Waals surface area contributed by atoms with Crippen molar-refractivity contribution in [2.45, 2.75) is 242 Å². The third-order valence-electron chi connectivity index (χ3n) is 27.1. The van der Waals surface area contributed by atoms with Gasteiger partial charge in [-0.15, -0.1) is 0 Å². The highest BCUT2D eigenvalue weighted by atomic mass is 16.2. The lowest BCUT2D eigenvalue weighted by atomic mass is 9.86. The van der Waals surface area contributed by atoms with Crippen molar-refractivity contribution in [3.63, 3.8) is 0 Å². The Bertz CT molecular complexity index is 6990. The van der Waals surface area contributed by atoms with E-state index in [-0.39, 0.29) is 50.7 Å². The number of fused-ring (bicyclic) bond motifs is 4. The first-order chi connectivity index (χ1) is 65.3. The summed E-state index contributed by atoms with van der Waals surface area (Å²) in [5.41, 5.74) is 39.9. The smallest absolute Gasteiger partial charge is 0.262 e. The van der Waals surface area contributed by atoms with E-state index in [1.807, 2.05) is 115 Å². The maximum Gasteiger partial charge on any atom is 0.262 e. The zero-order valence-corrected chi connectivity index (χ0v) is 85.2. The minimum Gasteiger partial charge on any atom is -0.346 e. The molecule has 1 amide bonds. The molecular weight excluding hydrogens is 1710 g/mol. The number of hydrogen-bond acceptors (Lipinski definition) is 14. The van der Waals surface area contributed by atoms with E-state index < -0.39 is 0 Å². The third-order valence-corrected chi connectivity index (χ3v) is 27.1. The molecule has 0 spiro atoms. The van der Waals surface area contributed by atoms with Crippen LogP contribution in [-0.4, -0.2) is 89.6 Å². The van der Waals surface area contributed by atoms with Crippen LogP contribution in [-0.2, 0) is 62.1 Å². The molecule has 0 bridgehead atoms. The molecule has 4 aliphatic heterocycles. The third kappa shape index (κ3) is 19.7. The summed E-state index contributed by atoms with van der Waals surface area (Å²) in [6.07, 6.45) is 1.91. The summed E-state index contributed by atoms with van der Waals surface area (Å²) in [6.45, 7) is 60.1. The van der Waals surface area contributed by atoms with Gasteiger partial charge in [0.2, 0.25) is 0 Å². The van der Waals surface area contributed by atoms with Crippen LogP contribution in [0.15, 0.2) is 219 Å². The van der Waals surface area contributed by atoms with Gasteiger partial charge in [0.05, 0.1) is 93.5 Å². The molecule has 10 heterocycles. The fourth-order valence-electron chi connectivity index (χ4n) is 19.8. The quantitative estimate of drug-likeness (QED) is 0.0829. The van der Waals surface area contributed by atoms with Gasteiger partial charge in [0, 0.05) is 117 Å². The molecule has 706 valence electrons. The summed E-state index contributed by atoms with van der Waals surface area (Å²) in [6, 6.07) is 71.8. The Labute approximate surface area is 814 Å². The molecule has 138 heavy (non-hydrogen) atoms. The van der Waals surface area contributed by atoms with Crippen LogP contribution in [0.25, 0.3) is 67.8 Å². The molecule has 0 atom stereocenters. The van der Waals surface area contributed by atoms with Crippen molar-refractivity contribution in [1.29, 1.82) is 0 Å². The minimum absolute atomic E-state index is 0.00876. The van der Waals surface area contributed by atoms with Crippen LogP contribution >= 0.6 is 0 Å². The number of rotatable bonds is 16. The van der Waals surface area contributed by atoms with Crippen molar-refractivity contribution >= 4 is 46.4 Å². The van der Waals surface area contributed by atoms with Gasteiger partial charge in [0.25, 0.3) is 5.91 Å². The highest BCUT2D eigenvalue weighted by Gasteiger charge is 2.40. The number of hydrogen-bond donors (Lipinski definition) is 0. The maximum atomic E-state index is 14.2. The summed E-state index contributed by atoms with van der Waals surface area (Å²) in [5, 5.41) is 20.5. The lowest BCUT2D eigenvalue weighted by Gasteiger charge is -2.26. The number of aromatic nitrogens is 10. The predicted molar refractivity (Wildman–Crippen MR) is 558 cm³/mol. The molecular formula is C119H130N14O5. The number of pyridine rings is 2. The summed E-state index contributed by atoms with van der Waals surface area (Å²) in [7, 11) is 0. The average Bonchev–Trinajstić information content (AvgIpc) is 1.57. The molecule has 0 fully saturated rings. The Morgan fingerprint density at radius 3 is 1.09 bits per heavy atom. The molecule has 9 aromatic carbocycles. The topological polar surface area (TPSA) is 195 Å². The van der Waals surface area contributed by atoms with Gasteiger partial charge in [-0.25, -0.2) is 28.7 Å². The fourth-order valence-corrected chi connectivity index (χ4v) is 19.8. The van der Waals surface area contributed by atoms with Crippen LogP contribution < -0.4 is 14.7 Å². The Hall–Kier alpha value is -14.2. The number of nitrogens with zero attached hydrogens (tertiary/aromatic N) is 14. The van der Waals surface area contributed by atoms with Gasteiger partial charge in [0.1, 0.15) is 11.6 Å². The van der Waals surface area contributed by atoms with Gasteiger partial charge in [-0.3, -0.25) is 28.9 Å². The number of benzene rings is 9. The van der Waals surface area contributed by atoms with Crippen molar-refractivity contribution in [2.24, 2.45) is 5.41 Å². The van der Waals surface area contributed by atoms with Crippen molar-refractivity contribution in [3.8, 4) is 67.8 Å². The SMILES string of the molecule is CC(=O)c1ccc(-c2c3c(nn2-c2c(C)cccc2C)CN(CC(C)(C)C)C3)cc1.CC(=O)c1ccc(-c2c3c(nn2-c2c(C)cccc2C)CN(c2cc(C(C)(C)C)ccc2C)C3=O)cc1C.CC(=O)c1ccc(-c2c3c(nn2-c2c(C)cccc2C)CN(c2cc(C(C)(C)C)ccn2)C3)cc1.CC(=O)c1ccc(-c2c3c(nn2-c2c(C)cccc2C)CN(c2cccc(C(C)(C)C)n2)C3)cc1. The number of amides is 1. The number of aryl methyl sites for hydroxylation is 10. The summed E-state index contributed by atoms with van der Waals surface area (Å²) < 4.78 is 8.28. The van der Waals surface area contributed by atoms with Gasteiger partial charge >= 0.3 is 0 Å². The van der Waals surface area contributed by atoms with E-state index >= 15 is 0 Å². The van der Waals surface area contributed by atoms with Crippen molar-refractivity contribution in [1.82, 2.24) is 54.0 Å². The highest BCUT2D eigenvalue weighted by molar-refractivity contribution is 6.14. The normalized spacial score (nSPS) is 13.5. The number of carbonyl (C=O) groups excluding carboxylic acids is 5. The monoisotopic (exact) mass is 1840 g/mol. The number of carbonyl (C=O) groups is 5.